The number of nitrogens with zero attached hydrogens (tertiary/aromatic N) is 1. The molecule has 2 bridgehead atoms. The van der Waals surface area contributed by atoms with Gasteiger partial charge in [-0.05, 0) is 35.5 Å². The molecule has 0 heterocycles. The summed E-state index contributed by atoms with van der Waals surface area (Å²) in [7, 11) is 0. The zero-order valence-electron chi connectivity index (χ0n) is 6.01. The van der Waals surface area contributed by atoms with Crippen molar-refractivity contribution >= 4 is 5.71 Å². The zero-order chi connectivity index (χ0) is 6.90. The lowest BCUT2D eigenvalue weighted by molar-refractivity contribution is -0.379. The van der Waals surface area contributed by atoms with Crippen LogP contribution in [0.1, 0.15) is 0 Å². The fourth-order valence-electron chi connectivity index (χ4n) is 5.56. The Morgan fingerprint density at radius 2 is 1.27 bits per heavy atom. The van der Waals surface area contributed by atoms with Gasteiger partial charge in [-0.3, -0.25) is 0 Å². The summed E-state index contributed by atoms with van der Waals surface area (Å²) in [6, 6.07) is 0. The molecule has 0 aromatic carbocycles. The van der Waals surface area contributed by atoms with E-state index in [1.807, 2.05) is 0 Å². The maximum atomic E-state index is 8.82. The van der Waals surface area contributed by atoms with E-state index in [1.54, 1.807) is 0 Å². The van der Waals surface area contributed by atoms with E-state index in [9.17, 15) is 0 Å². The number of oxime groups is 1. The highest BCUT2D eigenvalue weighted by Gasteiger charge is 2.93. The minimum absolute atomic E-state index is 0.773. The molecule has 2 nitrogen and oxygen atoms in total. The molecule has 0 aliphatic heterocycles. The first kappa shape index (κ1) is 4.48. The molecule has 6 fully saturated rings. The third-order valence-corrected chi connectivity index (χ3v) is 5.57. The van der Waals surface area contributed by atoms with Crippen molar-refractivity contribution in [3.63, 3.8) is 0 Å². The molecule has 6 rings (SSSR count). The Morgan fingerprint density at radius 1 is 0.818 bits per heavy atom. The first-order valence-corrected chi connectivity index (χ1v) is 4.67. The summed E-state index contributed by atoms with van der Waals surface area (Å²) >= 11 is 0. The van der Waals surface area contributed by atoms with Crippen LogP contribution in [0.25, 0.3) is 0 Å². The maximum Gasteiger partial charge on any atom is 0.0644 e. The van der Waals surface area contributed by atoms with Gasteiger partial charge in [0, 0.05) is 11.8 Å². The Hall–Kier alpha value is -0.530. The molecular weight excluding hydrogens is 138 g/mol. The van der Waals surface area contributed by atoms with Gasteiger partial charge in [-0.25, -0.2) is 0 Å². The predicted octanol–water partition coefficient (Wildman–Crippen LogP) is 0.814. The summed E-state index contributed by atoms with van der Waals surface area (Å²) in [5.74, 6) is 7.80. The summed E-state index contributed by atoms with van der Waals surface area (Å²) in [5.41, 5.74) is 1.21. The first-order valence-electron chi connectivity index (χ1n) is 4.67. The van der Waals surface area contributed by atoms with E-state index in [-0.39, 0.29) is 0 Å². The van der Waals surface area contributed by atoms with Crippen molar-refractivity contribution in [2.24, 2.45) is 52.5 Å². The minimum Gasteiger partial charge on any atom is -0.411 e. The van der Waals surface area contributed by atoms with Crippen molar-refractivity contribution in [2.45, 2.75) is 0 Å². The Labute approximate surface area is 64.3 Å². The summed E-state index contributed by atoms with van der Waals surface area (Å²) in [6.45, 7) is 0. The summed E-state index contributed by atoms with van der Waals surface area (Å²) < 4.78 is 0. The zero-order valence-corrected chi connectivity index (χ0v) is 6.01. The van der Waals surface area contributed by atoms with Crippen molar-refractivity contribution in [1.82, 2.24) is 0 Å². The molecule has 4 atom stereocenters. The molecule has 0 saturated heterocycles. The van der Waals surface area contributed by atoms with Gasteiger partial charge in [0.05, 0.1) is 5.71 Å². The van der Waals surface area contributed by atoms with Gasteiger partial charge >= 0.3 is 0 Å². The normalized spacial score (nSPS) is 82.7. The van der Waals surface area contributed by atoms with Gasteiger partial charge in [0.15, 0.2) is 0 Å². The van der Waals surface area contributed by atoms with E-state index >= 15 is 0 Å². The van der Waals surface area contributed by atoms with Gasteiger partial charge in [0.2, 0.25) is 0 Å². The molecule has 2 heteroatoms. The highest BCUT2D eigenvalue weighted by molar-refractivity contribution is 5.99. The fourth-order valence-corrected chi connectivity index (χ4v) is 5.56. The van der Waals surface area contributed by atoms with Crippen LogP contribution < -0.4 is 0 Å². The second kappa shape index (κ2) is 0.900. The van der Waals surface area contributed by atoms with Crippen molar-refractivity contribution < 1.29 is 5.21 Å². The Balaban J connectivity index is 1.85. The van der Waals surface area contributed by atoms with Crippen molar-refractivity contribution in [2.75, 3.05) is 0 Å². The topological polar surface area (TPSA) is 32.6 Å². The van der Waals surface area contributed by atoms with Crippen LogP contribution in [0.2, 0.25) is 0 Å². The average molecular weight is 147 g/mol. The highest BCUT2D eigenvalue weighted by atomic mass is 16.4. The molecule has 56 valence electrons. The molecule has 6 saturated carbocycles. The molecule has 0 radical (unpaired) electrons. The summed E-state index contributed by atoms with van der Waals surface area (Å²) in [5, 5.41) is 12.3. The van der Waals surface area contributed by atoms with E-state index in [2.05, 4.69) is 5.16 Å². The Kier molecular flexibility index (Phi) is 0.367. The molecule has 11 heavy (non-hydrogen) atoms. The molecule has 0 aromatic rings. The third kappa shape index (κ3) is 0.185. The number of hydrogen-bond donors (Lipinski definition) is 1. The van der Waals surface area contributed by atoms with Crippen LogP contribution in [0, 0.1) is 47.3 Å². The quantitative estimate of drug-likeness (QED) is 0.399. The average Bonchev–Trinajstić information content (AvgIpc) is 2.30. The van der Waals surface area contributed by atoms with Gasteiger partial charge in [0.1, 0.15) is 0 Å². The Bertz CT molecular complexity index is 276. The fraction of sp³-hybridized carbons (Fsp3) is 0.889. The van der Waals surface area contributed by atoms with E-state index in [4.69, 9.17) is 5.21 Å². The number of hydrogen-bond acceptors (Lipinski definition) is 2. The van der Waals surface area contributed by atoms with E-state index < -0.39 is 0 Å². The van der Waals surface area contributed by atoms with Crippen LogP contribution in [0.3, 0.4) is 0 Å². The van der Waals surface area contributed by atoms with E-state index in [0.29, 0.717) is 0 Å². The monoisotopic (exact) mass is 147 g/mol. The van der Waals surface area contributed by atoms with Crippen LogP contribution in [0.15, 0.2) is 5.16 Å². The summed E-state index contributed by atoms with van der Waals surface area (Å²) in [4.78, 5) is 0. The van der Waals surface area contributed by atoms with Crippen LogP contribution in [0.5, 0.6) is 0 Å². The van der Waals surface area contributed by atoms with E-state index in [1.165, 1.54) is 5.71 Å². The van der Waals surface area contributed by atoms with E-state index in [0.717, 1.165) is 47.3 Å². The van der Waals surface area contributed by atoms with Crippen LogP contribution in [-0.4, -0.2) is 10.9 Å². The molecule has 1 N–H and O–H groups in total. The van der Waals surface area contributed by atoms with Gasteiger partial charge in [-0.1, -0.05) is 5.16 Å². The predicted molar refractivity (Wildman–Crippen MR) is 37.1 cm³/mol. The van der Waals surface area contributed by atoms with Crippen molar-refractivity contribution in [1.29, 1.82) is 0 Å². The highest BCUT2D eigenvalue weighted by Crippen LogP contribution is 2.93. The smallest absolute Gasteiger partial charge is 0.0644 e. The van der Waals surface area contributed by atoms with Crippen LogP contribution in [-0.2, 0) is 0 Å². The lowest BCUT2D eigenvalue weighted by atomic mass is 9.20. The second-order valence-electron chi connectivity index (χ2n) is 5.04. The molecule has 0 spiro atoms. The number of rotatable bonds is 0. The largest absolute Gasteiger partial charge is 0.411 e. The van der Waals surface area contributed by atoms with Crippen LogP contribution in [0.4, 0.5) is 0 Å². The SMILES string of the molecule is ON=C1C2C3C4C1C1C2C3C41. The molecule has 0 amide bonds. The van der Waals surface area contributed by atoms with Gasteiger partial charge < -0.3 is 5.21 Å². The third-order valence-electron chi connectivity index (χ3n) is 5.57. The van der Waals surface area contributed by atoms with Crippen LogP contribution >= 0.6 is 0 Å². The maximum absolute atomic E-state index is 8.82. The molecule has 6 aliphatic carbocycles. The van der Waals surface area contributed by atoms with Crippen molar-refractivity contribution in [3.05, 3.63) is 0 Å². The molecule has 6 aliphatic rings. The Morgan fingerprint density at radius 3 is 1.64 bits per heavy atom. The lowest BCUT2D eigenvalue weighted by Crippen LogP contribution is -2.81. The lowest BCUT2D eigenvalue weighted by Gasteiger charge is -2.83. The molecular formula is C9H9NO. The standard InChI is InChI=1S/C9H9NO/c11-10-9-7-3-1-2-5(3)8(9)6(2)4(1)7/h1-8,11H. The summed E-state index contributed by atoms with van der Waals surface area (Å²) in [6.07, 6.45) is 0. The van der Waals surface area contributed by atoms with Gasteiger partial charge in [0.25, 0.3) is 0 Å². The molecule has 4 unspecified atom stereocenters. The van der Waals surface area contributed by atoms with Gasteiger partial charge in [-0.15, -0.1) is 0 Å². The van der Waals surface area contributed by atoms with Crippen molar-refractivity contribution in [3.8, 4) is 0 Å². The second-order valence-corrected chi connectivity index (χ2v) is 5.04. The molecule has 0 aromatic heterocycles. The van der Waals surface area contributed by atoms with Gasteiger partial charge in [-0.2, -0.15) is 0 Å². The minimum atomic E-state index is 0.773. The first-order chi connectivity index (χ1) is 5.45.